The number of hydrogen-bond donors (Lipinski definition) is 0. The van der Waals surface area contributed by atoms with Crippen LogP contribution >= 0.6 is 0 Å². The van der Waals surface area contributed by atoms with Gasteiger partial charge in [0, 0.05) is 31.1 Å². The van der Waals surface area contributed by atoms with Gasteiger partial charge in [-0.3, -0.25) is 10.1 Å². The van der Waals surface area contributed by atoms with E-state index < -0.39 is 4.92 Å². The fourth-order valence-corrected chi connectivity index (χ4v) is 3.14. The first-order valence-electron chi connectivity index (χ1n) is 7.82. The number of benzene rings is 1. The van der Waals surface area contributed by atoms with Crippen LogP contribution in [0.1, 0.15) is 49.9 Å². The maximum absolute atomic E-state index is 10.9. The van der Waals surface area contributed by atoms with Gasteiger partial charge in [0.15, 0.2) is 5.82 Å². The van der Waals surface area contributed by atoms with Crippen LogP contribution in [0.2, 0.25) is 0 Å². The van der Waals surface area contributed by atoms with E-state index in [9.17, 15) is 15.4 Å². The molecule has 1 unspecified atom stereocenters. The Hall–Kier alpha value is -2.95. The molecule has 1 aliphatic heterocycles. The molecule has 0 saturated heterocycles. The van der Waals surface area contributed by atoms with E-state index in [1.165, 1.54) is 12.1 Å². The average Bonchev–Trinajstić information content (AvgIpc) is 3.00. The van der Waals surface area contributed by atoms with Crippen molar-refractivity contribution in [1.29, 1.82) is 5.26 Å². The molecule has 124 valence electrons. The van der Waals surface area contributed by atoms with E-state index >= 15 is 0 Å². The summed E-state index contributed by atoms with van der Waals surface area (Å²) < 4.78 is 2.13. The Morgan fingerprint density at radius 2 is 2.12 bits per heavy atom. The number of hydrogen-bond acceptors (Lipinski definition) is 6. The standard InChI is InChI=1S/C16H18N6O2/c1-10(2)15-18-19-16-11(3)20(6-7-21(15)16)14-5-4-13(22(23)24)8-12(14)9-17/h4-5,8,10-11H,6-7H2,1-3H3. The van der Waals surface area contributed by atoms with E-state index in [2.05, 4.69) is 39.6 Å². The van der Waals surface area contributed by atoms with Gasteiger partial charge in [0.1, 0.15) is 11.9 Å². The van der Waals surface area contributed by atoms with Crippen LogP contribution in [-0.2, 0) is 6.54 Å². The molecule has 3 rings (SSSR count). The highest BCUT2D eigenvalue weighted by molar-refractivity contribution is 5.63. The predicted molar refractivity (Wildman–Crippen MR) is 87.7 cm³/mol. The summed E-state index contributed by atoms with van der Waals surface area (Å²) in [4.78, 5) is 12.5. The first-order valence-corrected chi connectivity index (χ1v) is 7.82. The average molecular weight is 326 g/mol. The second-order valence-corrected chi connectivity index (χ2v) is 6.16. The van der Waals surface area contributed by atoms with Crippen molar-refractivity contribution in [2.24, 2.45) is 0 Å². The van der Waals surface area contributed by atoms with E-state index in [0.29, 0.717) is 23.7 Å². The SMILES string of the molecule is CC(C)c1nnc2n1CCN(c1ccc([N+](=O)[O-])cc1C#N)C2C. The van der Waals surface area contributed by atoms with Gasteiger partial charge in [-0.1, -0.05) is 13.8 Å². The fraction of sp³-hybridized carbons (Fsp3) is 0.438. The Kier molecular flexibility index (Phi) is 3.93. The summed E-state index contributed by atoms with van der Waals surface area (Å²) in [6, 6.07) is 6.40. The summed E-state index contributed by atoms with van der Waals surface area (Å²) in [5.41, 5.74) is 0.911. The first-order chi connectivity index (χ1) is 11.4. The van der Waals surface area contributed by atoms with Gasteiger partial charge in [-0.15, -0.1) is 10.2 Å². The molecule has 1 aromatic heterocycles. The fourth-order valence-electron chi connectivity index (χ4n) is 3.14. The second-order valence-electron chi connectivity index (χ2n) is 6.16. The molecule has 8 nitrogen and oxygen atoms in total. The molecule has 24 heavy (non-hydrogen) atoms. The van der Waals surface area contributed by atoms with Crippen molar-refractivity contribution in [2.75, 3.05) is 11.4 Å². The minimum Gasteiger partial charge on any atom is -0.359 e. The minimum absolute atomic E-state index is 0.0627. The molecule has 1 atom stereocenters. The quantitative estimate of drug-likeness (QED) is 0.635. The zero-order chi connectivity index (χ0) is 17.4. The normalized spacial score (nSPS) is 16.8. The third-order valence-corrected chi connectivity index (χ3v) is 4.35. The molecule has 1 aromatic carbocycles. The highest BCUT2D eigenvalue weighted by Crippen LogP contribution is 2.34. The minimum atomic E-state index is -0.490. The molecule has 0 radical (unpaired) electrons. The van der Waals surface area contributed by atoms with Crippen molar-refractivity contribution in [3.8, 4) is 6.07 Å². The lowest BCUT2D eigenvalue weighted by Gasteiger charge is -2.36. The smallest absolute Gasteiger partial charge is 0.270 e. The van der Waals surface area contributed by atoms with Crippen molar-refractivity contribution in [2.45, 2.75) is 39.3 Å². The van der Waals surface area contributed by atoms with Crippen molar-refractivity contribution in [3.05, 3.63) is 45.5 Å². The molecular formula is C16H18N6O2. The van der Waals surface area contributed by atoms with E-state index in [4.69, 9.17) is 0 Å². The van der Waals surface area contributed by atoms with E-state index in [0.717, 1.165) is 18.2 Å². The van der Waals surface area contributed by atoms with Gasteiger partial charge in [-0.25, -0.2) is 0 Å². The number of nitro benzene ring substituents is 1. The number of nitro groups is 1. The van der Waals surface area contributed by atoms with Gasteiger partial charge in [0.2, 0.25) is 0 Å². The molecule has 2 aromatic rings. The van der Waals surface area contributed by atoms with Gasteiger partial charge < -0.3 is 9.47 Å². The molecule has 8 heteroatoms. The summed E-state index contributed by atoms with van der Waals surface area (Å²) in [6.07, 6.45) is 0. The Morgan fingerprint density at radius 3 is 2.75 bits per heavy atom. The molecule has 0 saturated carbocycles. The van der Waals surface area contributed by atoms with Crippen LogP contribution in [0.25, 0.3) is 0 Å². The zero-order valence-corrected chi connectivity index (χ0v) is 13.8. The molecule has 0 N–H and O–H groups in total. The highest BCUT2D eigenvalue weighted by atomic mass is 16.6. The number of fused-ring (bicyclic) bond motifs is 1. The van der Waals surface area contributed by atoms with Crippen LogP contribution in [0, 0.1) is 21.4 Å². The Balaban J connectivity index is 2.00. The van der Waals surface area contributed by atoms with Crippen molar-refractivity contribution < 1.29 is 4.92 Å². The molecule has 0 bridgehead atoms. The third kappa shape index (κ3) is 2.48. The van der Waals surface area contributed by atoms with Crippen LogP contribution in [0.3, 0.4) is 0 Å². The van der Waals surface area contributed by atoms with Gasteiger partial charge in [-0.05, 0) is 13.0 Å². The summed E-state index contributed by atoms with van der Waals surface area (Å²) >= 11 is 0. The van der Waals surface area contributed by atoms with Crippen LogP contribution in [0.5, 0.6) is 0 Å². The number of aromatic nitrogens is 3. The number of rotatable bonds is 3. The third-order valence-electron chi connectivity index (χ3n) is 4.35. The van der Waals surface area contributed by atoms with Crippen LogP contribution < -0.4 is 4.90 Å². The molecule has 1 aliphatic rings. The maximum Gasteiger partial charge on any atom is 0.270 e. The molecule has 0 fully saturated rings. The number of nitriles is 1. The van der Waals surface area contributed by atoms with Gasteiger partial charge in [-0.2, -0.15) is 5.26 Å². The lowest BCUT2D eigenvalue weighted by molar-refractivity contribution is -0.384. The van der Waals surface area contributed by atoms with Crippen molar-refractivity contribution >= 4 is 11.4 Å². The van der Waals surface area contributed by atoms with Crippen molar-refractivity contribution in [3.63, 3.8) is 0 Å². The number of anilines is 1. The molecule has 0 aliphatic carbocycles. The highest BCUT2D eigenvalue weighted by Gasteiger charge is 2.30. The summed E-state index contributed by atoms with van der Waals surface area (Å²) in [6.45, 7) is 7.59. The van der Waals surface area contributed by atoms with E-state index in [1.807, 2.05) is 6.92 Å². The molecular weight excluding hydrogens is 308 g/mol. The molecule has 2 heterocycles. The largest absolute Gasteiger partial charge is 0.359 e. The summed E-state index contributed by atoms with van der Waals surface area (Å²) in [5, 5.41) is 28.9. The predicted octanol–water partition coefficient (Wildman–Crippen LogP) is 2.76. The molecule has 0 spiro atoms. The van der Waals surface area contributed by atoms with Gasteiger partial charge in [0.25, 0.3) is 5.69 Å². The maximum atomic E-state index is 10.9. The lowest BCUT2D eigenvalue weighted by Crippen LogP contribution is -2.38. The van der Waals surface area contributed by atoms with Crippen molar-refractivity contribution in [1.82, 2.24) is 14.8 Å². The monoisotopic (exact) mass is 326 g/mol. The zero-order valence-electron chi connectivity index (χ0n) is 13.8. The van der Waals surface area contributed by atoms with Crippen LogP contribution in [-0.4, -0.2) is 26.2 Å². The van der Waals surface area contributed by atoms with Crippen LogP contribution in [0.4, 0.5) is 11.4 Å². The van der Waals surface area contributed by atoms with Gasteiger partial charge in [0.05, 0.1) is 22.2 Å². The van der Waals surface area contributed by atoms with E-state index in [1.54, 1.807) is 6.07 Å². The second kappa shape index (κ2) is 5.92. The van der Waals surface area contributed by atoms with Crippen LogP contribution in [0.15, 0.2) is 18.2 Å². The Morgan fingerprint density at radius 1 is 1.38 bits per heavy atom. The molecule has 0 amide bonds. The lowest BCUT2D eigenvalue weighted by atomic mass is 10.1. The van der Waals surface area contributed by atoms with Gasteiger partial charge >= 0.3 is 0 Å². The Labute approximate surface area is 139 Å². The van der Waals surface area contributed by atoms with E-state index in [-0.39, 0.29) is 11.7 Å². The first kappa shape index (κ1) is 15.9. The summed E-state index contributed by atoms with van der Waals surface area (Å²) in [7, 11) is 0. The Bertz CT molecular complexity index is 836. The number of nitrogens with zero attached hydrogens (tertiary/aromatic N) is 6. The number of non-ortho nitro benzene ring substituents is 1. The summed E-state index contributed by atoms with van der Waals surface area (Å²) in [5.74, 6) is 2.10. The topological polar surface area (TPSA) is 101 Å².